The molecule has 0 fully saturated rings. The van der Waals surface area contributed by atoms with Crippen LogP contribution in [0.15, 0.2) is 120 Å². The van der Waals surface area contributed by atoms with Crippen molar-refractivity contribution in [3.05, 3.63) is 132 Å². The molecule has 1 heteroatoms. The Bertz CT molecular complexity index is 1220. The Hall–Kier alpha value is -3.71. The molecule has 138 valence electrons. The lowest BCUT2D eigenvalue weighted by Crippen LogP contribution is -2.06. The number of aliphatic imine (C=N–C) groups is 1. The molecule has 0 saturated carbocycles. The highest BCUT2D eigenvalue weighted by Crippen LogP contribution is 2.27. The molecule has 0 unspecified atom stereocenters. The number of hydrogen-bond donors (Lipinski definition) is 0. The Kier molecular flexibility index (Phi) is 4.63. The number of benzene rings is 5. The second-order valence-electron chi connectivity index (χ2n) is 7.20. The Morgan fingerprint density at radius 3 is 1.55 bits per heavy atom. The lowest BCUT2D eigenvalue weighted by atomic mass is 9.93. The molecule has 0 heterocycles. The number of rotatable bonds is 4. The van der Waals surface area contributed by atoms with Gasteiger partial charge in [0.25, 0.3) is 0 Å². The monoisotopic (exact) mass is 371 g/mol. The number of nitrogens with zero attached hydrogens (tertiary/aromatic N) is 1. The molecule has 29 heavy (non-hydrogen) atoms. The molecule has 0 aromatic heterocycles. The largest absolute Gasteiger partial charge is 0.279 e. The topological polar surface area (TPSA) is 12.4 Å². The average molecular weight is 371 g/mol. The molecule has 5 aromatic carbocycles. The van der Waals surface area contributed by atoms with Gasteiger partial charge in [-0.25, -0.2) is 0 Å². The van der Waals surface area contributed by atoms with Gasteiger partial charge in [0.05, 0.1) is 12.3 Å². The second kappa shape index (κ2) is 7.73. The maximum atomic E-state index is 5.15. The van der Waals surface area contributed by atoms with E-state index in [0.717, 1.165) is 5.71 Å². The van der Waals surface area contributed by atoms with Gasteiger partial charge in [0, 0.05) is 11.1 Å². The minimum atomic E-state index is 0.655. The molecule has 0 spiro atoms. The lowest BCUT2D eigenvalue weighted by molar-refractivity contribution is 1.07. The highest BCUT2D eigenvalue weighted by atomic mass is 14.7. The number of hydrogen-bond acceptors (Lipinski definition) is 1. The minimum Gasteiger partial charge on any atom is -0.279 e. The SMILES string of the molecule is c1ccc(CN=C(c2cccc3ccccc23)c2cccc3ccccc23)cc1. The number of fused-ring (bicyclic) bond motifs is 2. The molecular weight excluding hydrogens is 350 g/mol. The fourth-order valence-corrected chi connectivity index (χ4v) is 3.93. The summed E-state index contributed by atoms with van der Waals surface area (Å²) in [5.41, 5.74) is 4.61. The van der Waals surface area contributed by atoms with E-state index >= 15 is 0 Å². The molecule has 0 amide bonds. The van der Waals surface area contributed by atoms with E-state index in [0.29, 0.717) is 6.54 Å². The zero-order chi connectivity index (χ0) is 19.5. The van der Waals surface area contributed by atoms with Crippen LogP contribution in [0.5, 0.6) is 0 Å². The molecule has 0 aliphatic rings. The molecule has 5 aromatic rings. The van der Waals surface area contributed by atoms with E-state index < -0.39 is 0 Å². The summed E-state index contributed by atoms with van der Waals surface area (Å²) in [6.45, 7) is 0.655. The third-order valence-electron chi connectivity index (χ3n) is 5.35. The lowest BCUT2D eigenvalue weighted by Gasteiger charge is -2.14. The van der Waals surface area contributed by atoms with E-state index in [-0.39, 0.29) is 0 Å². The average Bonchev–Trinajstić information content (AvgIpc) is 2.80. The zero-order valence-corrected chi connectivity index (χ0v) is 16.1. The molecule has 0 radical (unpaired) electrons. The van der Waals surface area contributed by atoms with Gasteiger partial charge >= 0.3 is 0 Å². The Morgan fingerprint density at radius 1 is 0.483 bits per heavy atom. The molecule has 0 bridgehead atoms. The van der Waals surface area contributed by atoms with E-state index in [9.17, 15) is 0 Å². The van der Waals surface area contributed by atoms with Crippen molar-refractivity contribution < 1.29 is 0 Å². The van der Waals surface area contributed by atoms with E-state index in [1.54, 1.807) is 0 Å². The Morgan fingerprint density at radius 2 is 0.966 bits per heavy atom. The third kappa shape index (κ3) is 3.43. The van der Waals surface area contributed by atoms with Crippen LogP contribution in [-0.2, 0) is 6.54 Å². The molecule has 0 saturated heterocycles. The van der Waals surface area contributed by atoms with Gasteiger partial charge in [0.2, 0.25) is 0 Å². The van der Waals surface area contributed by atoms with E-state index in [1.165, 1.54) is 38.2 Å². The van der Waals surface area contributed by atoms with Crippen molar-refractivity contribution in [3.63, 3.8) is 0 Å². The molecular formula is C28H21N. The van der Waals surface area contributed by atoms with Crippen molar-refractivity contribution in [1.82, 2.24) is 0 Å². The van der Waals surface area contributed by atoms with Crippen LogP contribution in [0.2, 0.25) is 0 Å². The Balaban J connectivity index is 1.75. The maximum absolute atomic E-state index is 5.15. The van der Waals surface area contributed by atoms with Gasteiger partial charge in [-0.15, -0.1) is 0 Å². The van der Waals surface area contributed by atoms with Gasteiger partial charge in [-0.05, 0) is 27.1 Å². The third-order valence-corrected chi connectivity index (χ3v) is 5.35. The van der Waals surface area contributed by atoms with Crippen molar-refractivity contribution in [2.24, 2.45) is 4.99 Å². The van der Waals surface area contributed by atoms with Crippen molar-refractivity contribution in [1.29, 1.82) is 0 Å². The molecule has 0 atom stereocenters. The Labute approximate surface area is 171 Å². The summed E-state index contributed by atoms with van der Waals surface area (Å²) in [5.74, 6) is 0. The van der Waals surface area contributed by atoms with Crippen LogP contribution in [-0.4, -0.2) is 5.71 Å². The van der Waals surface area contributed by atoms with Crippen LogP contribution < -0.4 is 0 Å². The molecule has 0 aliphatic carbocycles. The summed E-state index contributed by atoms with van der Waals surface area (Å²) in [5, 5.41) is 4.93. The van der Waals surface area contributed by atoms with Crippen molar-refractivity contribution in [3.8, 4) is 0 Å². The molecule has 0 aliphatic heterocycles. The summed E-state index contributed by atoms with van der Waals surface area (Å²) in [4.78, 5) is 5.15. The summed E-state index contributed by atoms with van der Waals surface area (Å²) in [6, 6.07) is 40.5. The zero-order valence-electron chi connectivity index (χ0n) is 16.1. The first-order chi connectivity index (χ1) is 14.4. The van der Waals surface area contributed by atoms with Crippen LogP contribution in [0.25, 0.3) is 21.5 Å². The molecule has 0 N–H and O–H groups in total. The van der Waals surface area contributed by atoms with Crippen LogP contribution in [0, 0.1) is 0 Å². The highest BCUT2D eigenvalue weighted by Gasteiger charge is 2.13. The van der Waals surface area contributed by atoms with E-state index in [4.69, 9.17) is 4.99 Å². The van der Waals surface area contributed by atoms with Crippen LogP contribution in [0.4, 0.5) is 0 Å². The van der Waals surface area contributed by atoms with Crippen LogP contribution in [0.3, 0.4) is 0 Å². The van der Waals surface area contributed by atoms with Gasteiger partial charge in [-0.1, -0.05) is 115 Å². The van der Waals surface area contributed by atoms with E-state index in [1.807, 2.05) is 6.07 Å². The van der Waals surface area contributed by atoms with Crippen molar-refractivity contribution in [2.45, 2.75) is 6.54 Å². The summed E-state index contributed by atoms with van der Waals surface area (Å²) in [6.07, 6.45) is 0. The van der Waals surface area contributed by atoms with Gasteiger partial charge in [-0.3, -0.25) is 4.99 Å². The van der Waals surface area contributed by atoms with Crippen LogP contribution >= 0.6 is 0 Å². The predicted molar refractivity (Wildman–Crippen MR) is 124 cm³/mol. The normalized spacial score (nSPS) is 10.9. The first-order valence-electron chi connectivity index (χ1n) is 9.95. The summed E-state index contributed by atoms with van der Waals surface area (Å²) < 4.78 is 0. The second-order valence-corrected chi connectivity index (χ2v) is 7.20. The highest BCUT2D eigenvalue weighted by molar-refractivity contribution is 6.24. The fraction of sp³-hybridized carbons (Fsp3) is 0.0357. The maximum Gasteiger partial charge on any atom is 0.0735 e. The smallest absolute Gasteiger partial charge is 0.0735 e. The first-order valence-corrected chi connectivity index (χ1v) is 9.95. The van der Waals surface area contributed by atoms with Crippen LogP contribution in [0.1, 0.15) is 16.7 Å². The van der Waals surface area contributed by atoms with Gasteiger partial charge < -0.3 is 0 Å². The molecule has 5 rings (SSSR count). The van der Waals surface area contributed by atoms with Crippen molar-refractivity contribution >= 4 is 27.3 Å². The van der Waals surface area contributed by atoms with Gasteiger partial charge in [0.15, 0.2) is 0 Å². The fourth-order valence-electron chi connectivity index (χ4n) is 3.93. The van der Waals surface area contributed by atoms with E-state index in [2.05, 4.69) is 109 Å². The molecule has 1 nitrogen and oxygen atoms in total. The predicted octanol–water partition coefficient (Wildman–Crippen LogP) is 7.03. The standard InChI is InChI=1S/C28H21N/c1-2-10-21(11-3-1)20-29-28(26-18-8-14-22-12-4-6-16-24(22)26)27-19-9-15-23-13-5-7-17-25(23)27/h1-19H,20H2. The quantitative estimate of drug-likeness (QED) is 0.301. The summed E-state index contributed by atoms with van der Waals surface area (Å²) in [7, 11) is 0. The van der Waals surface area contributed by atoms with Crippen molar-refractivity contribution in [2.75, 3.05) is 0 Å². The van der Waals surface area contributed by atoms with Gasteiger partial charge in [0.1, 0.15) is 0 Å². The van der Waals surface area contributed by atoms with Gasteiger partial charge in [-0.2, -0.15) is 0 Å². The summed E-state index contributed by atoms with van der Waals surface area (Å²) >= 11 is 0. The first kappa shape index (κ1) is 17.4. The minimum absolute atomic E-state index is 0.655.